The van der Waals surface area contributed by atoms with Gasteiger partial charge in [-0.25, -0.2) is 4.79 Å². The Morgan fingerprint density at radius 3 is 2.09 bits per heavy atom. The minimum atomic E-state index is -0.768. The van der Waals surface area contributed by atoms with Crippen LogP contribution in [0.1, 0.15) is 30.9 Å². The van der Waals surface area contributed by atoms with Crippen LogP contribution in [0.3, 0.4) is 0 Å². The normalized spacial score (nSPS) is 24.3. The first-order chi connectivity index (χ1) is 15.9. The summed E-state index contributed by atoms with van der Waals surface area (Å²) in [6.07, 6.45) is -0.542. The van der Waals surface area contributed by atoms with Crippen molar-refractivity contribution in [2.75, 3.05) is 19.7 Å². The molecule has 3 aliphatic rings. The van der Waals surface area contributed by atoms with Crippen molar-refractivity contribution in [1.29, 1.82) is 0 Å². The average molecular weight is 449 g/mol. The molecular weight excluding hydrogens is 420 g/mol. The maximum absolute atomic E-state index is 12.8. The fourth-order valence-corrected chi connectivity index (χ4v) is 5.53. The number of aliphatic carboxylic acids is 1. The Morgan fingerprint density at radius 2 is 1.55 bits per heavy atom. The van der Waals surface area contributed by atoms with E-state index in [1.807, 2.05) is 24.3 Å². The lowest BCUT2D eigenvalue weighted by atomic mass is 9.98. The molecule has 2 aliphatic carbocycles. The minimum Gasteiger partial charge on any atom is -0.481 e. The van der Waals surface area contributed by atoms with Crippen LogP contribution in [0.4, 0.5) is 4.79 Å². The summed E-state index contributed by atoms with van der Waals surface area (Å²) in [5.41, 5.74) is 4.64. The lowest BCUT2D eigenvalue weighted by Gasteiger charge is -2.27. The number of amides is 2. The molecule has 2 N–H and O–H groups in total. The van der Waals surface area contributed by atoms with Crippen LogP contribution in [0.2, 0.25) is 0 Å². The number of carboxylic acid groups (broad SMARTS) is 1. The van der Waals surface area contributed by atoms with E-state index in [1.54, 1.807) is 18.7 Å². The van der Waals surface area contributed by atoms with Crippen LogP contribution in [0.5, 0.6) is 0 Å². The maximum Gasteiger partial charge on any atom is 0.407 e. The fourth-order valence-electron chi connectivity index (χ4n) is 5.53. The standard InChI is InChI=1S/C26H28N2O5/c1-14(24(29)28-11-20-21(12-28)23(20)25(30)31)15(2)27-26(32)33-13-22-18-9-5-3-7-16(18)17-8-4-6-10-19(17)22/h3-10,14-15,20-23H,11-13H2,1-2H3,(H,27,32)(H,30,31)/t14?,15?,20-,21+,23?. The number of nitrogens with one attached hydrogen (secondary N) is 1. The molecule has 2 aromatic carbocycles. The van der Waals surface area contributed by atoms with E-state index >= 15 is 0 Å². The maximum atomic E-state index is 12.8. The molecule has 2 amide bonds. The van der Waals surface area contributed by atoms with E-state index in [0.717, 1.165) is 11.1 Å². The smallest absolute Gasteiger partial charge is 0.407 e. The highest BCUT2D eigenvalue weighted by Gasteiger charge is 2.60. The molecule has 172 valence electrons. The molecule has 7 nitrogen and oxygen atoms in total. The summed E-state index contributed by atoms with van der Waals surface area (Å²) in [7, 11) is 0. The summed E-state index contributed by atoms with van der Waals surface area (Å²) >= 11 is 0. The number of alkyl carbamates (subject to hydrolysis) is 1. The molecule has 1 saturated carbocycles. The molecule has 3 unspecified atom stereocenters. The average Bonchev–Trinajstić information content (AvgIpc) is 3.17. The second kappa shape index (κ2) is 8.21. The van der Waals surface area contributed by atoms with Gasteiger partial charge in [0, 0.05) is 25.0 Å². The predicted molar refractivity (Wildman–Crippen MR) is 122 cm³/mol. The topological polar surface area (TPSA) is 95.9 Å². The zero-order valence-electron chi connectivity index (χ0n) is 18.7. The van der Waals surface area contributed by atoms with Crippen molar-refractivity contribution >= 4 is 18.0 Å². The summed E-state index contributed by atoms with van der Waals surface area (Å²) in [5.74, 6) is -1.43. The van der Waals surface area contributed by atoms with E-state index in [4.69, 9.17) is 9.84 Å². The number of hydrogen-bond acceptors (Lipinski definition) is 4. The van der Waals surface area contributed by atoms with Crippen LogP contribution >= 0.6 is 0 Å². The van der Waals surface area contributed by atoms with Gasteiger partial charge in [0.2, 0.25) is 5.91 Å². The van der Waals surface area contributed by atoms with Crippen LogP contribution in [-0.2, 0) is 14.3 Å². The largest absolute Gasteiger partial charge is 0.481 e. The first kappa shape index (κ1) is 21.5. The number of piperidine rings is 1. The van der Waals surface area contributed by atoms with E-state index in [9.17, 15) is 14.4 Å². The lowest BCUT2D eigenvalue weighted by molar-refractivity contribution is -0.141. The van der Waals surface area contributed by atoms with Gasteiger partial charge in [0.15, 0.2) is 0 Å². The molecule has 2 aromatic rings. The van der Waals surface area contributed by atoms with E-state index < -0.39 is 24.0 Å². The lowest BCUT2D eigenvalue weighted by Crippen LogP contribution is -2.46. The second-order valence-electron chi connectivity index (χ2n) is 9.48. The van der Waals surface area contributed by atoms with E-state index in [0.29, 0.717) is 13.1 Å². The third kappa shape index (κ3) is 3.75. The SMILES string of the molecule is CC(NC(=O)OCC1c2ccccc2-c2ccccc21)C(C)C(=O)N1C[C@@H]2C(C(=O)O)[C@@H]2C1. The molecule has 5 atom stereocenters. The van der Waals surface area contributed by atoms with Crippen molar-refractivity contribution < 1.29 is 24.2 Å². The molecular formula is C26H28N2O5. The summed E-state index contributed by atoms with van der Waals surface area (Å²) in [6.45, 7) is 4.78. The van der Waals surface area contributed by atoms with E-state index in [1.165, 1.54) is 11.1 Å². The molecule has 5 rings (SSSR count). The van der Waals surface area contributed by atoms with Gasteiger partial charge in [-0.15, -0.1) is 0 Å². The number of carbonyl (C=O) groups excluding carboxylic acids is 2. The number of fused-ring (bicyclic) bond motifs is 4. The number of ether oxygens (including phenoxy) is 1. The Labute approximate surface area is 192 Å². The Kier molecular flexibility index (Phi) is 5.35. The quantitative estimate of drug-likeness (QED) is 0.707. The van der Waals surface area contributed by atoms with Crippen molar-refractivity contribution in [1.82, 2.24) is 10.2 Å². The third-order valence-electron chi connectivity index (χ3n) is 7.62. The van der Waals surface area contributed by atoms with Crippen LogP contribution in [0.15, 0.2) is 48.5 Å². The van der Waals surface area contributed by atoms with Crippen molar-refractivity contribution in [2.45, 2.75) is 25.8 Å². The summed E-state index contributed by atoms with van der Waals surface area (Å²) in [5, 5.41) is 12.0. The summed E-state index contributed by atoms with van der Waals surface area (Å²) in [6, 6.07) is 15.9. The van der Waals surface area contributed by atoms with Gasteiger partial charge < -0.3 is 20.1 Å². The highest BCUT2D eigenvalue weighted by Crippen LogP contribution is 2.52. The minimum absolute atomic E-state index is 0.0176. The monoisotopic (exact) mass is 448 g/mol. The number of rotatable bonds is 6. The van der Waals surface area contributed by atoms with Gasteiger partial charge in [-0.1, -0.05) is 55.5 Å². The van der Waals surface area contributed by atoms with Gasteiger partial charge in [-0.2, -0.15) is 0 Å². The van der Waals surface area contributed by atoms with Crippen molar-refractivity contribution in [3.63, 3.8) is 0 Å². The third-order valence-corrected chi connectivity index (χ3v) is 7.62. The number of carboxylic acids is 1. The van der Waals surface area contributed by atoms with Gasteiger partial charge in [0.1, 0.15) is 6.61 Å². The Balaban J connectivity index is 1.15. The molecule has 1 saturated heterocycles. The molecule has 1 aliphatic heterocycles. The first-order valence-electron chi connectivity index (χ1n) is 11.5. The van der Waals surface area contributed by atoms with Crippen LogP contribution < -0.4 is 5.32 Å². The molecule has 0 spiro atoms. The highest BCUT2D eigenvalue weighted by atomic mass is 16.5. The Morgan fingerprint density at radius 1 is 1.00 bits per heavy atom. The molecule has 1 heterocycles. The Hall–Kier alpha value is -3.35. The molecule has 0 aromatic heterocycles. The van der Waals surface area contributed by atoms with Crippen molar-refractivity contribution in [3.05, 3.63) is 59.7 Å². The summed E-state index contributed by atoms with van der Waals surface area (Å²) in [4.78, 5) is 38.2. The van der Waals surface area contributed by atoms with Gasteiger partial charge in [-0.05, 0) is 41.0 Å². The fraction of sp³-hybridized carbons (Fsp3) is 0.423. The zero-order chi connectivity index (χ0) is 23.3. The number of nitrogens with zero attached hydrogens (tertiary/aromatic N) is 1. The van der Waals surface area contributed by atoms with Gasteiger partial charge in [-0.3, -0.25) is 9.59 Å². The first-order valence-corrected chi connectivity index (χ1v) is 11.5. The number of carbonyl (C=O) groups is 3. The molecule has 2 fully saturated rings. The zero-order valence-corrected chi connectivity index (χ0v) is 18.7. The van der Waals surface area contributed by atoms with Gasteiger partial charge in [0.25, 0.3) is 0 Å². The van der Waals surface area contributed by atoms with Crippen molar-refractivity contribution in [3.8, 4) is 11.1 Å². The number of hydrogen-bond donors (Lipinski definition) is 2. The predicted octanol–water partition coefficient (Wildman–Crippen LogP) is 3.34. The highest BCUT2D eigenvalue weighted by molar-refractivity contribution is 5.82. The van der Waals surface area contributed by atoms with Crippen LogP contribution in [0.25, 0.3) is 11.1 Å². The molecule has 33 heavy (non-hydrogen) atoms. The van der Waals surface area contributed by atoms with E-state index in [-0.39, 0.29) is 36.2 Å². The van der Waals surface area contributed by atoms with Crippen LogP contribution in [-0.4, -0.2) is 53.7 Å². The number of likely N-dealkylation sites (tertiary alicyclic amines) is 1. The second-order valence-corrected chi connectivity index (χ2v) is 9.48. The van der Waals surface area contributed by atoms with Crippen LogP contribution in [0, 0.1) is 23.7 Å². The van der Waals surface area contributed by atoms with Crippen molar-refractivity contribution in [2.24, 2.45) is 23.7 Å². The summed E-state index contributed by atoms with van der Waals surface area (Å²) < 4.78 is 5.59. The van der Waals surface area contributed by atoms with Gasteiger partial charge >= 0.3 is 12.1 Å². The molecule has 7 heteroatoms. The van der Waals surface area contributed by atoms with Gasteiger partial charge in [0.05, 0.1) is 11.8 Å². The Bertz CT molecular complexity index is 1060. The molecule has 0 bridgehead atoms. The number of benzene rings is 2. The van der Waals surface area contributed by atoms with E-state index in [2.05, 4.69) is 29.6 Å². The molecule has 0 radical (unpaired) electrons.